The van der Waals surface area contributed by atoms with Gasteiger partial charge in [-0.3, -0.25) is 62.2 Å². The Morgan fingerprint density at radius 3 is 1.93 bits per heavy atom. The highest BCUT2D eigenvalue weighted by Crippen LogP contribution is 2.30. The number of H-pyrrole nitrogens is 2. The standard InChI is InChI=1S/C78H103FN20O17/c1-10-50-34-54(116-29-14-13-28-99-40-45(4)93-98-99)24-25-55(50)51-22-20-48(21-23-51)33-58(69(108)85-57(67(80)106)19-15-16-49-31-43(2)30-44(3)32-49)86-70(109)60(36-64(104)105)87-71(110)61(41-100)88-72(111)65(46(5)101)91-76(115)78(9,37-52-17-11-12-18-56(52)79)92-73(112)66(47(6)102)90-63(103)39-83-68(107)59(35-62-94-96-97-95-62)89-75(114)77(7,8)74(113)82-27-26-53-38-81-42-84-53/h11-12,17-18,20-25,30-32,34,38,40,42,46-47,57-61,65-66,100-102H,10,13-16,19,26-29,33,35-37,39,41H2,1-9H3,(H2,80,106)(H,81,84)(H,82,113)(H,83,107)(H,85,108)(H,86,109)(H,87,110)(H,88,111)(H,89,114)(H,90,103)(H,91,115)(H,92,112)(H,104,105)(H,94,95,96,97). The topological polar surface area (TPSA) is 555 Å². The highest BCUT2D eigenvalue weighted by atomic mass is 19.1. The number of carbonyl (C=O) groups is 12. The Kier molecular flexibility index (Phi) is 33.8. The van der Waals surface area contributed by atoms with Crippen molar-refractivity contribution >= 4 is 70.9 Å². The van der Waals surface area contributed by atoms with Crippen LogP contribution in [0.4, 0.5) is 4.39 Å². The normalized spacial score (nSPS) is 14.2. The number of carbonyl (C=O) groups excluding carboxylic acids is 11. The summed E-state index contributed by atoms with van der Waals surface area (Å²) in [6.07, 6.45) is 2.20. The summed E-state index contributed by atoms with van der Waals surface area (Å²) in [5.41, 5.74) is 9.17. The first-order valence-electron chi connectivity index (χ1n) is 37.8. The van der Waals surface area contributed by atoms with Gasteiger partial charge < -0.3 is 89.0 Å². The van der Waals surface area contributed by atoms with E-state index >= 15 is 4.39 Å². The molecule has 7 aromatic rings. The average Bonchev–Trinajstić information content (AvgIpc) is 1.06. The number of tetrazole rings is 1. The van der Waals surface area contributed by atoms with Gasteiger partial charge in [0.2, 0.25) is 65.0 Å². The number of carboxylic acid groups (broad SMARTS) is 1. The lowest BCUT2D eigenvalue weighted by Crippen LogP contribution is -2.67. The Hall–Kier alpha value is -12.5. The molecule has 38 heteroatoms. The van der Waals surface area contributed by atoms with E-state index in [1.165, 1.54) is 38.4 Å². The Morgan fingerprint density at radius 1 is 0.655 bits per heavy atom. The molecule has 3 aromatic heterocycles. The van der Waals surface area contributed by atoms with Crippen molar-refractivity contribution in [3.8, 4) is 16.9 Å². The van der Waals surface area contributed by atoms with Gasteiger partial charge in [-0.15, -0.1) is 15.3 Å². The van der Waals surface area contributed by atoms with Crippen LogP contribution in [0.1, 0.15) is 124 Å². The van der Waals surface area contributed by atoms with Gasteiger partial charge in [0, 0.05) is 56.9 Å². The Balaban J connectivity index is 1.04. The number of ether oxygens (including phenoxy) is 1. The van der Waals surface area contributed by atoms with E-state index in [9.17, 15) is 78.0 Å². The lowest BCUT2D eigenvalue weighted by Gasteiger charge is -2.34. The van der Waals surface area contributed by atoms with Crippen LogP contribution in [0.3, 0.4) is 0 Å². The van der Waals surface area contributed by atoms with Crippen molar-refractivity contribution in [1.82, 2.24) is 98.8 Å². The van der Waals surface area contributed by atoms with Crippen LogP contribution in [0.15, 0.2) is 104 Å². The lowest BCUT2D eigenvalue weighted by molar-refractivity contribution is -0.143. The van der Waals surface area contributed by atoms with E-state index in [0.29, 0.717) is 55.8 Å². The number of amides is 11. The molecule has 18 N–H and O–H groups in total. The summed E-state index contributed by atoms with van der Waals surface area (Å²) < 4.78 is 23.4. The molecule has 0 spiro atoms. The van der Waals surface area contributed by atoms with Gasteiger partial charge in [-0.05, 0) is 145 Å². The van der Waals surface area contributed by atoms with E-state index in [1.54, 1.807) is 35.1 Å². The van der Waals surface area contributed by atoms with Crippen LogP contribution in [0.5, 0.6) is 5.75 Å². The maximum Gasteiger partial charge on any atom is 0.305 e. The summed E-state index contributed by atoms with van der Waals surface area (Å²) in [6, 6.07) is 11.1. The number of hydrogen-bond acceptors (Lipinski definition) is 22. The van der Waals surface area contributed by atoms with Crippen molar-refractivity contribution in [3.63, 3.8) is 0 Å². The van der Waals surface area contributed by atoms with E-state index in [2.05, 4.69) is 94.1 Å². The van der Waals surface area contributed by atoms with Gasteiger partial charge in [0.15, 0.2) is 5.82 Å². The van der Waals surface area contributed by atoms with E-state index in [-0.39, 0.29) is 30.8 Å². The number of hydrogen-bond donors (Lipinski definition) is 17. The van der Waals surface area contributed by atoms with Crippen LogP contribution in [0.25, 0.3) is 11.1 Å². The van der Waals surface area contributed by atoms with Gasteiger partial charge in [-0.1, -0.05) is 95.2 Å². The number of aliphatic hydroxyl groups is 3. The maximum absolute atomic E-state index is 15.6. The number of nitrogens with one attached hydrogen (secondary N) is 12. The number of nitrogens with zero attached hydrogens (tertiary/aromatic N) is 7. The summed E-state index contributed by atoms with van der Waals surface area (Å²) in [5.74, 6) is -14.2. The van der Waals surface area contributed by atoms with Crippen molar-refractivity contribution in [1.29, 1.82) is 0 Å². The third-order valence-electron chi connectivity index (χ3n) is 19.0. The fourth-order valence-electron chi connectivity index (χ4n) is 12.5. The molecule has 0 bridgehead atoms. The van der Waals surface area contributed by atoms with E-state index in [0.717, 1.165) is 78.8 Å². The van der Waals surface area contributed by atoms with Gasteiger partial charge in [0.1, 0.15) is 64.8 Å². The average molecular weight is 1610 g/mol. The zero-order chi connectivity index (χ0) is 85.0. The number of aryl methyl sites for hydroxylation is 6. The number of aromatic nitrogens is 9. The second-order valence-corrected chi connectivity index (χ2v) is 29.1. The first kappa shape index (κ1) is 90.7. The third kappa shape index (κ3) is 27.4. The van der Waals surface area contributed by atoms with E-state index < -0.39 is 175 Å². The Morgan fingerprint density at radius 2 is 1.31 bits per heavy atom. The summed E-state index contributed by atoms with van der Waals surface area (Å²) in [7, 11) is 0. The smallest absolute Gasteiger partial charge is 0.305 e. The number of imidazole rings is 1. The van der Waals surface area contributed by atoms with Gasteiger partial charge in [-0.2, -0.15) is 5.21 Å². The van der Waals surface area contributed by atoms with Crippen LogP contribution in [0, 0.1) is 32.0 Å². The second-order valence-electron chi connectivity index (χ2n) is 29.1. The molecule has 0 radical (unpaired) electrons. The fourth-order valence-corrected chi connectivity index (χ4v) is 12.5. The monoisotopic (exact) mass is 1610 g/mol. The Bertz CT molecular complexity index is 4520. The molecule has 7 rings (SSSR count). The zero-order valence-electron chi connectivity index (χ0n) is 66.0. The Labute approximate surface area is 668 Å². The van der Waals surface area contributed by atoms with Crippen molar-refractivity contribution in [2.24, 2.45) is 11.1 Å². The minimum atomic E-state index is -2.41. The molecule has 0 saturated carbocycles. The van der Waals surface area contributed by atoms with Crippen LogP contribution >= 0.6 is 0 Å². The highest BCUT2D eigenvalue weighted by molar-refractivity contribution is 6.06. The van der Waals surface area contributed by atoms with Gasteiger partial charge >= 0.3 is 5.97 Å². The van der Waals surface area contributed by atoms with Crippen LogP contribution in [-0.2, 0) is 103 Å². The largest absolute Gasteiger partial charge is 0.494 e. The van der Waals surface area contributed by atoms with Crippen LogP contribution in [0.2, 0.25) is 0 Å². The number of primary amides is 1. The molecule has 10 unspecified atom stereocenters. The molecule has 11 amide bonds. The van der Waals surface area contributed by atoms with Crippen molar-refractivity contribution < 1.29 is 87.1 Å². The van der Waals surface area contributed by atoms with Gasteiger partial charge in [0.05, 0.1) is 50.4 Å². The number of halogens is 1. The SMILES string of the molecule is CCc1cc(OCCCCn2cc(C)nn2)ccc1-c1ccc(CC(NC(=O)C(CC(=O)O)NC(=O)C(CO)NC(=O)C(NC(=O)C(C)(Cc2ccccc2F)NC(=O)C(NC(=O)CNC(=O)C(Cc2nn[nH]n2)NC(=O)C(C)(C)C(=O)NCCc2cnc[nH]2)C(C)O)C(C)O)C(=O)NC(CCCc2cc(C)cc(C)c2)C(N)=O)cc1. The number of aromatic amines is 2. The third-order valence-corrected chi connectivity index (χ3v) is 19.0. The molecule has 0 saturated heterocycles. The molecule has 0 aliphatic heterocycles. The van der Waals surface area contributed by atoms with Crippen LogP contribution in [-0.4, -0.2) is 223 Å². The summed E-state index contributed by atoms with van der Waals surface area (Å²) in [5, 5.41) is 88.1. The second kappa shape index (κ2) is 43.2. The number of aliphatic carboxylic acids is 1. The summed E-state index contributed by atoms with van der Waals surface area (Å²) >= 11 is 0. The first-order chi connectivity index (χ1) is 55.1. The molecular weight excluding hydrogens is 1510 g/mol. The molecule has 37 nitrogen and oxygen atoms in total. The zero-order valence-corrected chi connectivity index (χ0v) is 66.0. The number of unbranched alkanes of at least 4 members (excludes halogenated alkanes) is 1. The predicted octanol–water partition coefficient (Wildman–Crippen LogP) is -0.798. The fraction of sp³-hybridized carbons (Fsp3) is 0.462. The van der Waals surface area contributed by atoms with Gasteiger partial charge in [0.25, 0.3) is 0 Å². The molecule has 10 atom stereocenters. The maximum atomic E-state index is 15.6. The predicted molar refractivity (Wildman–Crippen MR) is 415 cm³/mol. The number of aliphatic hydroxyl groups excluding tert-OH is 3. The molecular formula is C78H103FN20O17. The lowest BCUT2D eigenvalue weighted by atomic mass is 9.90. The van der Waals surface area contributed by atoms with Crippen molar-refractivity contribution in [3.05, 3.63) is 160 Å². The van der Waals surface area contributed by atoms with Crippen molar-refractivity contribution in [2.45, 2.75) is 200 Å². The molecule has 4 aromatic carbocycles. The molecule has 0 fully saturated rings. The minimum absolute atomic E-state index is 0.0658. The van der Waals surface area contributed by atoms with E-state index in [4.69, 9.17) is 10.5 Å². The highest BCUT2D eigenvalue weighted by Gasteiger charge is 2.43. The van der Waals surface area contributed by atoms with Crippen molar-refractivity contribution in [2.75, 3.05) is 26.3 Å². The summed E-state index contributed by atoms with van der Waals surface area (Å²) in [6.45, 7) is 12.6. The number of rotatable bonds is 46. The van der Waals surface area contributed by atoms with Gasteiger partial charge in [-0.25, -0.2) is 9.37 Å². The van der Waals surface area contributed by atoms with Crippen LogP contribution < -0.4 is 63.6 Å². The number of nitrogens with two attached hydrogens (primary N) is 1. The summed E-state index contributed by atoms with van der Waals surface area (Å²) in [4.78, 5) is 173. The quantitative estimate of drug-likeness (QED) is 0.0164. The molecule has 0 aliphatic rings. The number of benzene rings is 4. The minimum Gasteiger partial charge on any atom is -0.494 e. The molecule has 116 heavy (non-hydrogen) atoms. The molecule has 624 valence electrons. The number of carboxylic acids is 1. The first-order valence-corrected chi connectivity index (χ1v) is 37.8. The molecule has 3 heterocycles. The molecule has 0 aliphatic carbocycles. The van der Waals surface area contributed by atoms with E-state index in [1.807, 2.05) is 70.3 Å².